The number of likely N-dealkylation sites (tertiary alicyclic amines) is 1. The Bertz CT molecular complexity index is 1300. The Labute approximate surface area is 215 Å². The van der Waals surface area contributed by atoms with Crippen molar-refractivity contribution in [1.82, 2.24) is 4.90 Å². The van der Waals surface area contributed by atoms with E-state index >= 15 is 0 Å². The van der Waals surface area contributed by atoms with Gasteiger partial charge >= 0.3 is 5.97 Å². The van der Waals surface area contributed by atoms with Crippen molar-refractivity contribution in [2.75, 3.05) is 32.3 Å². The molecule has 2 aliphatic rings. The summed E-state index contributed by atoms with van der Waals surface area (Å²) in [5.41, 5.74) is 4.39. The van der Waals surface area contributed by atoms with Crippen molar-refractivity contribution >= 4 is 17.6 Å². The second kappa shape index (κ2) is 10.1. The molecule has 3 aromatic rings. The summed E-state index contributed by atoms with van der Waals surface area (Å²) in [6.07, 6.45) is 0. The highest BCUT2D eigenvalue weighted by molar-refractivity contribution is 5.94. The van der Waals surface area contributed by atoms with Crippen LogP contribution in [0.5, 0.6) is 17.2 Å². The van der Waals surface area contributed by atoms with Crippen LogP contribution in [-0.2, 0) is 9.59 Å². The van der Waals surface area contributed by atoms with E-state index in [1.165, 1.54) is 0 Å². The molecule has 1 amide bonds. The van der Waals surface area contributed by atoms with Crippen molar-refractivity contribution in [2.24, 2.45) is 5.92 Å². The third kappa shape index (κ3) is 4.84. The summed E-state index contributed by atoms with van der Waals surface area (Å²) in [5.74, 6) is -0.305. The maximum absolute atomic E-state index is 13.3. The van der Waals surface area contributed by atoms with Crippen LogP contribution in [0.15, 0.2) is 60.7 Å². The topological polar surface area (TPSA) is 97.3 Å². The van der Waals surface area contributed by atoms with E-state index in [4.69, 9.17) is 14.2 Å². The molecule has 1 saturated heterocycles. The number of carbonyl (C=O) groups is 2. The first-order valence-corrected chi connectivity index (χ1v) is 12.2. The zero-order valence-electron chi connectivity index (χ0n) is 21.1. The SMILES string of the molecule is COc1ccc([C@@H]2[C@@H](C(=O)O)[C@H](c3ccc4c(c3)OCO4)CN2CC(=O)Nc2c(C)cccc2C)cc1. The van der Waals surface area contributed by atoms with Gasteiger partial charge in [-0.15, -0.1) is 0 Å². The van der Waals surface area contributed by atoms with Gasteiger partial charge in [0.25, 0.3) is 0 Å². The van der Waals surface area contributed by atoms with E-state index in [9.17, 15) is 14.7 Å². The number of hydrogen-bond donors (Lipinski definition) is 2. The van der Waals surface area contributed by atoms with Gasteiger partial charge in [-0.05, 0) is 60.4 Å². The van der Waals surface area contributed by atoms with Gasteiger partial charge in [0.05, 0.1) is 19.6 Å². The number of nitrogens with one attached hydrogen (secondary N) is 1. The number of hydrogen-bond acceptors (Lipinski definition) is 6. The fraction of sp³-hybridized carbons (Fsp3) is 0.310. The van der Waals surface area contributed by atoms with Gasteiger partial charge in [0, 0.05) is 24.2 Å². The molecule has 0 saturated carbocycles. The van der Waals surface area contributed by atoms with Crippen LogP contribution in [0.3, 0.4) is 0 Å². The van der Waals surface area contributed by atoms with Crippen LogP contribution in [0, 0.1) is 19.8 Å². The van der Waals surface area contributed by atoms with Gasteiger partial charge in [-0.25, -0.2) is 0 Å². The summed E-state index contributed by atoms with van der Waals surface area (Å²) >= 11 is 0. The van der Waals surface area contributed by atoms with Crippen molar-refractivity contribution in [1.29, 1.82) is 0 Å². The molecule has 0 spiro atoms. The van der Waals surface area contributed by atoms with Crippen LogP contribution in [-0.4, -0.2) is 48.9 Å². The highest BCUT2D eigenvalue weighted by atomic mass is 16.7. The van der Waals surface area contributed by atoms with Crippen molar-refractivity contribution in [3.05, 3.63) is 82.9 Å². The first-order chi connectivity index (χ1) is 17.9. The number of carboxylic acid groups (broad SMARTS) is 1. The molecule has 37 heavy (non-hydrogen) atoms. The lowest BCUT2D eigenvalue weighted by Crippen LogP contribution is -2.35. The van der Waals surface area contributed by atoms with E-state index in [2.05, 4.69) is 5.32 Å². The number of rotatable bonds is 7. The van der Waals surface area contributed by atoms with Gasteiger partial charge in [-0.1, -0.05) is 36.4 Å². The Morgan fingerprint density at radius 1 is 1.00 bits per heavy atom. The minimum Gasteiger partial charge on any atom is -0.497 e. The predicted molar refractivity (Wildman–Crippen MR) is 138 cm³/mol. The van der Waals surface area contributed by atoms with Crippen LogP contribution in [0.2, 0.25) is 0 Å². The largest absolute Gasteiger partial charge is 0.497 e. The number of amides is 1. The van der Waals surface area contributed by atoms with Gasteiger partial charge in [0.2, 0.25) is 12.7 Å². The maximum Gasteiger partial charge on any atom is 0.309 e. The van der Waals surface area contributed by atoms with E-state index in [0.29, 0.717) is 23.8 Å². The summed E-state index contributed by atoms with van der Waals surface area (Å²) in [7, 11) is 1.59. The van der Waals surface area contributed by atoms with Crippen LogP contribution >= 0.6 is 0 Å². The molecule has 0 bridgehead atoms. The summed E-state index contributed by atoms with van der Waals surface area (Å²) < 4.78 is 16.3. The van der Waals surface area contributed by atoms with E-state index in [0.717, 1.165) is 27.9 Å². The van der Waals surface area contributed by atoms with Crippen LogP contribution < -0.4 is 19.5 Å². The first kappa shape index (κ1) is 24.6. The Balaban J connectivity index is 1.49. The number of benzene rings is 3. The van der Waals surface area contributed by atoms with Crippen LogP contribution in [0.25, 0.3) is 0 Å². The number of anilines is 1. The third-order valence-corrected chi connectivity index (χ3v) is 7.26. The normalized spacial score (nSPS) is 20.6. The van der Waals surface area contributed by atoms with Crippen LogP contribution in [0.4, 0.5) is 5.69 Å². The number of carboxylic acids is 1. The zero-order valence-corrected chi connectivity index (χ0v) is 21.1. The van der Waals surface area contributed by atoms with Crippen molar-refractivity contribution < 1.29 is 28.9 Å². The molecule has 2 heterocycles. The molecule has 192 valence electrons. The summed E-state index contributed by atoms with van der Waals surface area (Å²) in [5, 5.41) is 13.5. The molecule has 8 nitrogen and oxygen atoms in total. The fourth-order valence-electron chi connectivity index (χ4n) is 5.45. The van der Waals surface area contributed by atoms with Crippen LogP contribution in [0.1, 0.15) is 34.2 Å². The molecular formula is C29H30N2O6. The summed E-state index contributed by atoms with van der Waals surface area (Å²) in [4.78, 5) is 28.0. The number of carbonyl (C=O) groups excluding carboxylic acids is 1. The van der Waals surface area contributed by atoms with Crippen molar-refractivity contribution in [3.63, 3.8) is 0 Å². The fourth-order valence-corrected chi connectivity index (χ4v) is 5.45. The molecule has 5 rings (SSSR count). The standard InChI is InChI=1S/C29H30N2O6/c1-17-5-4-6-18(2)27(17)30-25(32)15-31-14-22(20-9-12-23-24(13-20)37-16-36-23)26(29(33)34)28(31)19-7-10-21(35-3)11-8-19/h4-13,22,26,28H,14-16H2,1-3H3,(H,30,32)(H,33,34)/t22-,26-,28+/m0/s1. The Hall–Kier alpha value is -4.04. The number of methoxy groups -OCH3 is 1. The van der Waals surface area contributed by atoms with E-state index in [1.54, 1.807) is 7.11 Å². The average molecular weight is 503 g/mol. The van der Waals surface area contributed by atoms with Gasteiger partial charge in [0.15, 0.2) is 11.5 Å². The quantitative estimate of drug-likeness (QED) is 0.490. The predicted octanol–water partition coefficient (Wildman–Crippen LogP) is 4.52. The van der Waals surface area contributed by atoms with Gasteiger partial charge in [0.1, 0.15) is 5.75 Å². The molecule has 8 heteroatoms. The molecular weight excluding hydrogens is 472 g/mol. The van der Waals surface area contributed by atoms with E-state index in [-0.39, 0.29) is 25.2 Å². The highest BCUT2D eigenvalue weighted by Crippen LogP contribution is 2.47. The second-order valence-corrected chi connectivity index (χ2v) is 9.55. The van der Waals surface area contributed by atoms with Gasteiger partial charge < -0.3 is 24.6 Å². The zero-order chi connectivity index (χ0) is 26.1. The number of fused-ring (bicyclic) bond motifs is 1. The molecule has 0 aliphatic carbocycles. The monoisotopic (exact) mass is 502 g/mol. The number of para-hydroxylation sites is 1. The smallest absolute Gasteiger partial charge is 0.309 e. The molecule has 2 aliphatic heterocycles. The molecule has 2 N–H and O–H groups in total. The molecule has 1 fully saturated rings. The molecule has 0 aromatic heterocycles. The second-order valence-electron chi connectivity index (χ2n) is 9.55. The number of aryl methyl sites for hydroxylation is 2. The first-order valence-electron chi connectivity index (χ1n) is 12.2. The van der Waals surface area contributed by atoms with Crippen molar-refractivity contribution in [2.45, 2.75) is 25.8 Å². The Kier molecular flexibility index (Phi) is 6.76. The maximum atomic E-state index is 13.3. The lowest BCUT2D eigenvalue weighted by atomic mass is 9.82. The Morgan fingerprint density at radius 3 is 2.35 bits per heavy atom. The minimum absolute atomic E-state index is 0.0509. The van der Waals surface area contributed by atoms with Crippen molar-refractivity contribution in [3.8, 4) is 17.2 Å². The minimum atomic E-state index is -0.916. The average Bonchev–Trinajstić information content (AvgIpc) is 3.50. The highest BCUT2D eigenvalue weighted by Gasteiger charge is 2.48. The lowest BCUT2D eigenvalue weighted by Gasteiger charge is -2.27. The molecule has 0 unspecified atom stereocenters. The number of aliphatic carboxylic acids is 1. The lowest BCUT2D eigenvalue weighted by molar-refractivity contribution is -0.143. The van der Waals surface area contributed by atoms with E-state index < -0.39 is 17.9 Å². The van der Waals surface area contributed by atoms with E-state index in [1.807, 2.05) is 79.4 Å². The van der Waals surface area contributed by atoms with Gasteiger partial charge in [-0.2, -0.15) is 0 Å². The number of nitrogens with zero attached hydrogens (tertiary/aromatic N) is 1. The summed E-state index contributed by atoms with van der Waals surface area (Å²) in [6, 6.07) is 18.3. The summed E-state index contributed by atoms with van der Waals surface area (Å²) in [6.45, 7) is 4.50. The molecule has 3 aromatic carbocycles. The number of ether oxygens (including phenoxy) is 3. The molecule has 3 atom stereocenters. The van der Waals surface area contributed by atoms with Gasteiger partial charge in [-0.3, -0.25) is 14.5 Å². The third-order valence-electron chi connectivity index (χ3n) is 7.26. The molecule has 0 radical (unpaired) electrons. The Morgan fingerprint density at radius 2 is 1.68 bits per heavy atom.